The third-order valence-corrected chi connectivity index (χ3v) is 2.41. The second-order valence-corrected chi connectivity index (χ2v) is 3.58. The molecule has 1 rings (SSSR count). The number of ketones is 1. The van der Waals surface area contributed by atoms with Gasteiger partial charge in [-0.25, -0.2) is 0 Å². The van der Waals surface area contributed by atoms with Crippen LogP contribution in [-0.2, 0) is 14.3 Å². The van der Waals surface area contributed by atoms with E-state index in [9.17, 15) is 9.59 Å². The molecular weight excluding hydrogens is 204 g/mol. The largest absolute Gasteiger partial charge is 0.466 e. The van der Waals surface area contributed by atoms with Crippen molar-refractivity contribution in [1.82, 2.24) is 0 Å². The lowest BCUT2D eigenvalue weighted by atomic mass is 9.95. The Kier molecular flexibility index (Phi) is 4.70. The number of esters is 1. The van der Waals surface area contributed by atoms with Gasteiger partial charge in [0.1, 0.15) is 6.42 Å². The summed E-state index contributed by atoms with van der Waals surface area (Å²) >= 11 is 0. The summed E-state index contributed by atoms with van der Waals surface area (Å²) in [4.78, 5) is 22.9. The molecule has 0 radical (unpaired) electrons. The van der Waals surface area contributed by atoms with E-state index in [1.807, 2.05) is 30.3 Å². The van der Waals surface area contributed by atoms with E-state index < -0.39 is 5.97 Å². The van der Waals surface area contributed by atoms with Gasteiger partial charge in [-0.15, -0.1) is 0 Å². The molecule has 0 bridgehead atoms. The Labute approximate surface area is 95.4 Å². The van der Waals surface area contributed by atoms with Crippen LogP contribution in [0.5, 0.6) is 0 Å². The molecule has 0 aromatic heterocycles. The summed E-state index contributed by atoms with van der Waals surface area (Å²) in [6.07, 6.45) is -0.149. The molecule has 0 unspecified atom stereocenters. The van der Waals surface area contributed by atoms with Gasteiger partial charge in [0, 0.05) is 5.92 Å². The van der Waals surface area contributed by atoms with Crippen LogP contribution in [0.15, 0.2) is 30.3 Å². The van der Waals surface area contributed by atoms with E-state index in [1.165, 1.54) is 0 Å². The van der Waals surface area contributed by atoms with Crippen LogP contribution in [0, 0.1) is 0 Å². The molecule has 0 aliphatic rings. The van der Waals surface area contributed by atoms with E-state index in [2.05, 4.69) is 0 Å². The standard InChI is InChI=1S/C13H16O3/c1-3-16-13(15)9-12(14)10(2)11-7-5-4-6-8-11/h4-8,10H,3,9H2,1-2H3/t10-/m0/s1. The van der Waals surface area contributed by atoms with Crippen molar-refractivity contribution in [1.29, 1.82) is 0 Å². The van der Waals surface area contributed by atoms with Gasteiger partial charge in [0.15, 0.2) is 5.78 Å². The smallest absolute Gasteiger partial charge is 0.313 e. The quantitative estimate of drug-likeness (QED) is 0.565. The van der Waals surface area contributed by atoms with E-state index in [1.54, 1.807) is 13.8 Å². The van der Waals surface area contributed by atoms with Gasteiger partial charge < -0.3 is 4.74 Å². The Morgan fingerprint density at radius 2 is 1.88 bits per heavy atom. The van der Waals surface area contributed by atoms with Crippen molar-refractivity contribution in [2.24, 2.45) is 0 Å². The fraction of sp³-hybridized carbons (Fsp3) is 0.385. The number of ether oxygens (including phenoxy) is 1. The molecule has 3 heteroatoms. The first-order valence-corrected chi connectivity index (χ1v) is 5.38. The fourth-order valence-electron chi connectivity index (χ4n) is 1.43. The highest BCUT2D eigenvalue weighted by Crippen LogP contribution is 2.17. The molecule has 0 heterocycles. The molecule has 16 heavy (non-hydrogen) atoms. The van der Waals surface area contributed by atoms with Gasteiger partial charge >= 0.3 is 5.97 Å². The zero-order valence-electron chi connectivity index (χ0n) is 9.60. The van der Waals surface area contributed by atoms with Gasteiger partial charge in [-0.2, -0.15) is 0 Å². The molecule has 1 aromatic rings. The minimum Gasteiger partial charge on any atom is -0.466 e. The normalized spacial score (nSPS) is 11.9. The molecule has 3 nitrogen and oxygen atoms in total. The summed E-state index contributed by atoms with van der Waals surface area (Å²) in [5.74, 6) is -0.814. The third kappa shape index (κ3) is 3.50. The molecule has 0 fully saturated rings. The number of carbonyl (C=O) groups excluding carboxylic acids is 2. The highest BCUT2D eigenvalue weighted by Gasteiger charge is 2.18. The van der Waals surface area contributed by atoms with Crippen LogP contribution in [0.1, 0.15) is 31.7 Å². The molecule has 0 aliphatic heterocycles. The van der Waals surface area contributed by atoms with Crippen LogP contribution in [-0.4, -0.2) is 18.4 Å². The van der Waals surface area contributed by atoms with E-state index in [4.69, 9.17) is 4.74 Å². The predicted octanol–water partition coefficient (Wildman–Crippen LogP) is 2.31. The van der Waals surface area contributed by atoms with Gasteiger partial charge in [-0.05, 0) is 12.5 Å². The Morgan fingerprint density at radius 1 is 1.25 bits per heavy atom. The maximum atomic E-state index is 11.7. The number of benzene rings is 1. The summed E-state index contributed by atoms with van der Waals surface area (Å²) < 4.78 is 4.74. The van der Waals surface area contributed by atoms with E-state index in [-0.39, 0.29) is 18.1 Å². The lowest BCUT2D eigenvalue weighted by Gasteiger charge is -2.09. The van der Waals surface area contributed by atoms with Crippen LogP contribution in [0.25, 0.3) is 0 Å². The average Bonchev–Trinajstić information content (AvgIpc) is 2.29. The fourth-order valence-corrected chi connectivity index (χ4v) is 1.43. The van der Waals surface area contributed by atoms with Crippen molar-refractivity contribution in [3.05, 3.63) is 35.9 Å². The second-order valence-electron chi connectivity index (χ2n) is 3.58. The molecule has 0 spiro atoms. The molecular formula is C13H16O3. The highest BCUT2D eigenvalue weighted by atomic mass is 16.5. The van der Waals surface area contributed by atoms with E-state index >= 15 is 0 Å². The summed E-state index contributed by atoms with van der Waals surface area (Å²) in [5.41, 5.74) is 0.928. The summed E-state index contributed by atoms with van der Waals surface area (Å²) in [5, 5.41) is 0. The molecule has 1 atom stereocenters. The van der Waals surface area contributed by atoms with Gasteiger partial charge in [-0.1, -0.05) is 37.3 Å². The number of rotatable bonds is 5. The van der Waals surface area contributed by atoms with Crippen LogP contribution >= 0.6 is 0 Å². The summed E-state index contributed by atoms with van der Waals surface area (Å²) in [7, 11) is 0. The van der Waals surface area contributed by atoms with Crippen molar-refractivity contribution < 1.29 is 14.3 Å². The minimum atomic E-state index is -0.449. The first-order chi connectivity index (χ1) is 7.65. The van der Waals surface area contributed by atoms with E-state index in [0.717, 1.165) is 5.56 Å². The molecule has 0 saturated carbocycles. The summed E-state index contributed by atoms with van der Waals surface area (Å²) in [6, 6.07) is 9.42. The zero-order chi connectivity index (χ0) is 12.0. The van der Waals surface area contributed by atoms with Crippen LogP contribution in [0.3, 0.4) is 0 Å². The third-order valence-electron chi connectivity index (χ3n) is 2.41. The Balaban J connectivity index is 2.58. The second kappa shape index (κ2) is 6.05. The van der Waals surface area contributed by atoms with Crippen molar-refractivity contribution in [3.63, 3.8) is 0 Å². The monoisotopic (exact) mass is 220 g/mol. The minimum absolute atomic E-state index is 0.107. The van der Waals surface area contributed by atoms with E-state index in [0.29, 0.717) is 6.61 Å². The molecule has 0 amide bonds. The summed E-state index contributed by atoms with van der Waals surface area (Å²) in [6.45, 7) is 3.84. The molecule has 0 N–H and O–H groups in total. The lowest BCUT2D eigenvalue weighted by Crippen LogP contribution is -2.16. The van der Waals surface area contributed by atoms with Crippen molar-refractivity contribution in [2.75, 3.05) is 6.61 Å². The molecule has 0 aliphatic carbocycles. The zero-order valence-corrected chi connectivity index (χ0v) is 9.60. The maximum absolute atomic E-state index is 11.7. The van der Waals surface area contributed by atoms with Crippen LogP contribution in [0.4, 0.5) is 0 Å². The highest BCUT2D eigenvalue weighted by molar-refractivity contribution is 5.98. The number of carbonyl (C=O) groups is 2. The van der Waals surface area contributed by atoms with Crippen LogP contribution < -0.4 is 0 Å². The van der Waals surface area contributed by atoms with Gasteiger partial charge in [0.05, 0.1) is 6.61 Å². The Morgan fingerprint density at radius 3 is 2.44 bits per heavy atom. The van der Waals surface area contributed by atoms with Gasteiger partial charge in [-0.3, -0.25) is 9.59 Å². The average molecular weight is 220 g/mol. The number of Topliss-reactive ketones (excluding diaryl/α,β-unsaturated/α-hetero) is 1. The van der Waals surface area contributed by atoms with Crippen molar-refractivity contribution in [3.8, 4) is 0 Å². The van der Waals surface area contributed by atoms with Gasteiger partial charge in [0.25, 0.3) is 0 Å². The number of hydrogen-bond donors (Lipinski definition) is 0. The predicted molar refractivity (Wildman–Crippen MR) is 61.1 cm³/mol. The number of hydrogen-bond acceptors (Lipinski definition) is 3. The lowest BCUT2D eigenvalue weighted by molar-refractivity contribution is -0.145. The Hall–Kier alpha value is -1.64. The first kappa shape index (κ1) is 12.4. The van der Waals surface area contributed by atoms with Crippen molar-refractivity contribution in [2.45, 2.75) is 26.2 Å². The molecule has 86 valence electrons. The SMILES string of the molecule is CCOC(=O)CC(=O)[C@@H](C)c1ccccc1. The van der Waals surface area contributed by atoms with Crippen molar-refractivity contribution >= 4 is 11.8 Å². The molecule has 1 aromatic carbocycles. The van der Waals surface area contributed by atoms with Gasteiger partial charge in [0.2, 0.25) is 0 Å². The topological polar surface area (TPSA) is 43.4 Å². The first-order valence-electron chi connectivity index (χ1n) is 5.38. The van der Waals surface area contributed by atoms with Crippen LogP contribution in [0.2, 0.25) is 0 Å². The Bertz CT molecular complexity index is 357. The molecule has 0 saturated heterocycles. The maximum Gasteiger partial charge on any atom is 0.313 e.